The molecule has 0 atom stereocenters. The average molecular weight is 336 g/mol. The van der Waals surface area contributed by atoms with Crippen LogP contribution < -0.4 is 10.2 Å². The van der Waals surface area contributed by atoms with Gasteiger partial charge in [0.25, 0.3) is 0 Å². The molecule has 130 valence electrons. The number of aryl methyl sites for hydroxylation is 1. The highest BCUT2D eigenvalue weighted by Crippen LogP contribution is 2.19. The lowest BCUT2D eigenvalue weighted by atomic mass is 10.1. The summed E-state index contributed by atoms with van der Waals surface area (Å²) < 4.78 is 0. The first kappa shape index (κ1) is 17.0. The molecule has 2 heterocycles. The number of anilines is 2. The van der Waals surface area contributed by atoms with Crippen LogP contribution in [0.15, 0.2) is 55.0 Å². The van der Waals surface area contributed by atoms with E-state index in [1.165, 1.54) is 5.56 Å². The zero-order valence-corrected chi connectivity index (χ0v) is 14.8. The summed E-state index contributed by atoms with van der Waals surface area (Å²) in [6.07, 6.45) is 1.80. The molecule has 0 aliphatic carbocycles. The summed E-state index contributed by atoms with van der Waals surface area (Å²) in [5.74, 6) is 1.81. The van der Waals surface area contributed by atoms with Gasteiger partial charge in [0.15, 0.2) is 5.78 Å². The van der Waals surface area contributed by atoms with E-state index in [4.69, 9.17) is 0 Å². The maximum Gasteiger partial charge on any atom is 0.159 e. The van der Waals surface area contributed by atoms with E-state index in [1.807, 2.05) is 43.3 Å². The van der Waals surface area contributed by atoms with Crippen LogP contribution in [0.2, 0.25) is 0 Å². The van der Waals surface area contributed by atoms with Gasteiger partial charge in [0, 0.05) is 43.6 Å². The lowest BCUT2D eigenvalue weighted by Crippen LogP contribution is -2.46. The van der Waals surface area contributed by atoms with E-state index >= 15 is 0 Å². The van der Waals surface area contributed by atoms with Crippen molar-refractivity contribution in [2.75, 3.05) is 36.4 Å². The van der Waals surface area contributed by atoms with Crippen molar-refractivity contribution in [1.82, 2.24) is 9.88 Å². The fourth-order valence-electron chi connectivity index (χ4n) is 2.97. The van der Waals surface area contributed by atoms with Crippen LogP contribution in [0.1, 0.15) is 22.8 Å². The maximum atomic E-state index is 11.4. The fourth-order valence-corrected chi connectivity index (χ4v) is 2.97. The third-order valence-corrected chi connectivity index (χ3v) is 4.49. The highest BCUT2D eigenvalue weighted by Gasteiger charge is 2.18. The molecule has 25 heavy (non-hydrogen) atoms. The van der Waals surface area contributed by atoms with Crippen LogP contribution in [-0.2, 0) is 0 Å². The number of hydrogen-bond acceptors (Lipinski definition) is 5. The van der Waals surface area contributed by atoms with E-state index in [-0.39, 0.29) is 5.78 Å². The Morgan fingerprint density at radius 2 is 1.80 bits per heavy atom. The minimum atomic E-state index is 0.100. The topological polar surface area (TPSA) is 48.5 Å². The van der Waals surface area contributed by atoms with Gasteiger partial charge in [-0.3, -0.25) is 4.79 Å². The number of carbonyl (C=O) groups is 1. The summed E-state index contributed by atoms with van der Waals surface area (Å²) in [6, 6.07) is 11.8. The monoisotopic (exact) mass is 336 g/mol. The van der Waals surface area contributed by atoms with Crippen molar-refractivity contribution in [2.24, 2.45) is 0 Å². The number of Topliss-reactive ketones (excluding diaryl/α,β-unsaturated/α-hetero) is 1. The van der Waals surface area contributed by atoms with Crippen LogP contribution in [0, 0.1) is 6.92 Å². The van der Waals surface area contributed by atoms with E-state index in [0.29, 0.717) is 0 Å². The highest BCUT2D eigenvalue weighted by atomic mass is 16.1. The summed E-state index contributed by atoms with van der Waals surface area (Å²) in [5.41, 5.74) is 3.08. The number of benzene rings is 1. The molecule has 1 aromatic heterocycles. The van der Waals surface area contributed by atoms with Crippen LogP contribution in [-0.4, -0.2) is 41.8 Å². The van der Waals surface area contributed by atoms with E-state index in [9.17, 15) is 4.79 Å². The predicted octanol–water partition coefficient (Wildman–Crippen LogP) is 3.30. The van der Waals surface area contributed by atoms with Gasteiger partial charge in [-0.2, -0.15) is 0 Å². The molecule has 3 rings (SSSR count). The Morgan fingerprint density at radius 3 is 2.40 bits per heavy atom. The Labute approximate surface area is 149 Å². The molecule has 1 aliphatic rings. The predicted molar refractivity (Wildman–Crippen MR) is 102 cm³/mol. The van der Waals surface area contributed by atoms with Crippen molar-refractivity contribution < 1.29 is 4.79 Å². The number of aromatic nitrogens is 1. The minimum absolute atomic E-state index is 0.100. The van der Waals surface area contributed by atoms with Crippen molar-refractivity contribution >= 4 is 17.3 Å². The molecule has 0 amide bonds. The molecule has 5 nitrogen and oxygen atoms in total. The van der Waals surface area contributed by atoms with E-state index in [0.717, 1.165) is 49.1 Å². The van der Waals surface area contributed by atoms with E-state index in [2.05, 4.69) is 26.7 Å². The summed E-state index contributed by atoms with van der Waals surface area (Å²) in [6.45, 7) is 11.4. The van der Waals surface area contributed by atoms with Gasteiger partial charge in [-0.25, -0.2) is 4.98 Å². The third-order valence-electron chi connectivity index (χ3n) is 4.49. The summed E-state index contributed by atoms with van der Waals surface area (Å²) >= 11 is 0. The van der Waals surface area contributed by atoms with Crippen molar-refractivity contribution in [3.63, 3.8) is 0 Å². The smallest absolute Gasteiger partial charge is 0.159 e. The van der Waals surface area contributed by atoms with Gasteiger partial charge in [0.2, 0.25) is 0 Å². The molecule has 0 spiro atoms. The van der Waals surface area contributed by atoms with E-state index < -0.39 is 0 Å². The second kappa shape index (κ2) is 7.38. The molecule has 1 aromatic carbocycles. The first-order valence-corrected chi connectivity index (χ1v) is 8.52. The minimum Gasteiger partial charge on any atom is -0.368 e. The van der Waals surface area contributed by atoms with Crippen LogP contribution in [0.25, 0.3) is 0 Å². The van der Waals surface area contributed by atoms with Crippen LogP contribution in [0.5, 0.6) is 0 Å². The first-order chi connectivity index (χ1) is 12.0. The van der Waals surface area contributed by atoms with Crippen molar-refractivity contribution in [3.8, 4) is 0 Å². The Kier molecular flexibility index (Phi) is 5.03. The van der Waals surface area contributed by atoms with Crippen molar-refractivity contribution in [3.05, 3.63) is 66.1 Å². The molecule has 0 saturated carbocycles. The lowest BCUT2D eigenvalue weighted by molar-refractivity contribution is 0.101. The molecular formula is C20H24N4O. The van der Waals surface area contributed by atoms with Gasteiger partial charge in [-0.15, -0.1) is 0 Å². The molecule has 5 heteroatoms. The van der Waals surface area contributed by atoms with Crippen molar-refractivity contribution in [1.29, 1.82) is 0 Å². The second-order valence-electron chi connectivity index (χ2n) is 6.37. The summed E-state index contributed by atoms with van der Waals surface area (Å²) in [4.78, 5) is 20.3. The zero-order valence-electron chi connectivity index (χ0n) is 14.8. The number of hydrogen-bond donors (Lipinski definition) is 1. The third kappa shape index (κ3) is 4.18. The largest absolute Gasteiger partial charge is 0.368 e. The molecular weight excluding hydrogens is 312 g/mol. The Balaban J connectivity index is 1.56. The Hall–Kier alpha value is -2.82. The van der Waals surface area contributed by atoms with E-state index in [1.54, 1.807) is 13.1 Å². The van der Waals surface area contributed by atoms with Gasteiger partial charge >= 0.3 is 0 Å². The first-order valence-electron chi connectivity index (χ1n) is 8.52. The molecule has 2 aromatic rings. The quantitative estimate of drug-likeness (QED) is 0.849. The molecule has 1 fully saturated rings. The van der Waals surface area contributed by atoms with Gasteiger partial charge in [0.05, 0.1) is 5.82 Å². The number of nitrogens with one attached hydrogen (secondary N) is 1. The summed E-state index contributed by atoms with van der Waals surface area (Å²) in [5, 5.41) is 3.29. The maximum absolute atomic E-state index is 11.4. The van der Waals surface area contributed by atoms with Gasteiger partial charge in [0.1, 0.15) is 5.82 Å². The van der Waals surface area contributed by atoms with Crippen LogP contribution in [0.4, 0.5) is 11.5 Å². The SMILES string of the molecule is C=C(Nc1cc(C)ccn1)N1CCN(c2ccc(C(C)=O)cc2)CC1. The summed E-state index contributed by atoms with van der Waals surface area (Å²) in [7, 11) is 0. The number of piperazine rings is 1. The van der Waals surface area contributed by atoms with Gasteiger partial charge < -0.3 is 15.1 Å². The molecule has 1 N–H and O–H groups in total. The average Bonchev–Trinajstić information content (AvgIpc) is 2.62. The number of rotatable bonds is 5. The van der Waals surface area contributed by atoms with Gasteiger partial charge in [-0.05, 0) is 55.8 Å². The molecule has 1 saturated heterocycles. The van der Waals surface area contributed by atoms with Gasteiger partial charge in [-0.1, -0.05) is 6.58 Å². The number of nitrogens with zero attached hydrogens (tertiary/aromatic N) is 3. The second-order valence-corrected chi connectivity index (χ2v) is 6.37. The Bertz CT molecular complexity index is 762. The van der Waals surface area contributed by atoms with Crippen LogP contribution >= 0.6 is 0 Å². The number of carbonyl (C=O) groups excluding carboxylic acids is 1. The lowest BCUT2D eigenvalue weighted by Gasteiger charge is -2.38. The zero-order chi connectivity index (χ0) is 17.8. The standard InChI is InChI=1S/C20H24N4O/c1-15-8-9-21-20(14-15)22-17(3)23-10-12-24(13-11-23)19-6-4-18(5-7-19)16(2)25/h4-9,14H,3,10-13H2,1-2H3,(H,21,22). The fraction of sp³-hybridized carbons (Fsp3) is 0.300. The molecule has 0 unspecified atom stereocenters. The normalized spacial score (nSPS) is 14.3. The highest BCUT2D eigenvalue weighted by molar-refractivity contribution is 5.94. The number of ketones is 1. The molecule has 1 aliphatic heterocycles. The molecule has 0 bridgehead atoms. The Morgan fingerprint density at radius 1 is 1.12 bits per heavy atom. The molecule has 0 radical (unpaired) electrons. The van der Waals surface area contributed by atoms with Crippen LogP contribution in [0.3, 0.4) is 0 Å². The number of pyridine rings is 1. The van der Waals surface area contributed by atoms with Crippen molar-refractivity contribution in [2.45, 2.75) is 13.8 Å².